The SMILES string of the molecule is CN=C(NCc1cccc(C#N)c1)NCC1CCCO1. The van der Waals surface area contributed by atoms with Crippen LogP contribution in [0.25, 0.3) is 0 Å². The van der Waals surface area contributed by atoms with Crippen molar-refractivity contribution in [3.05, 3.63) is 35.4 Å². The number of hydrogen-bond donors (Lipinski definition) is 2. The van der Waals surface area contributed by atoms with Gasteiger partial charge in [0.25, 0.3) is 0 Å². The monoisotopic (exact) mass is 272 g/mol. The van der Waals surface area contributed by atoms with Gasteiger partial charge in [0, 0.05) is 26.7 Å². The second-order valence-corrected chi connectivity index (χ2v) is 4.75. The van der Waals surface area contributed by atoms with E-state index in [4.69, 9.17) is 10.00 Å². The third-order valence-corrected chi connectivity index (χ3v) is 3.26. The van der Waals surface area contributed by atoms with Crippen molar-refractivity contribution in [1.29, 1.82) is 5.26 Å². The molecule has 1 aliphatic rings. The van der Waals surface area contributed by atoms with Crippen LogP contribution in [0.15, 0.2) is 29.3 Å². The van der Waals surface area contributed by atoms with Crippen molar-refractivity contribution in [1.82, 2.24) is 10.6 Å². The molecule has 0 aromatic heterocycles. The van der Waals surface area contributed by atoms with Crippen molar-refractivity contribution in [3.63, 3.8) is 0 Å². The van der Waals surface area contributed by atoms with E-state index in [2.05, 4.69) is 21.7 Å². The van der Waals surface area contributed by atoms with E-state index < -0.39 is 0 Å². The Balaban J connectivity index is 1.79. The number of rotatable bonds is 4. The summed E-state index contributed by atoms with van der Waals surface area (Å²) in [7, 11) is 1.75. The van der Waals surface area contributed by atoms with Gasteiger partial charge in [-0.1, -0.05) is 12.1 Å². The molecule has 0 amide bonds. The van der Waals surface area contributed by atoms with Gasteiger partial charge in [0.2, 0.25) is 0 Å². The first kappa shape index (κ1) is 14.4. The Morgan fingerprint density at radius 3 is 3.10 bits per heavy atom. The van der Waals surface area contributed by atoms with Crippen molar-refractivity contribution >= 4 is 5.96 Å². The summed E-state index contributed by atoms with van der Waals surface area (Å²) in [5.41, 5.74) is 1.73. The molecule has 1 aromatic rings. The van der Waals surface area contributed by atoms with Crippen LogP contribution in [0, 0.1) is 11.3 Å². The quantitative estimate of drug-likeness (QED) is 0.642. The number of aliphatic imine (C=N–C) groups is 1. The Bertz CT molecular complexity index is 501. The van der Waals surface area contributed by atoms with Crippen LogP contribution in [-0.4, -0.2) is 32.3 Å². The molecule has 0 saturated carbocycles. The minimum Gasteiger partial charge on any atom is -0.376 e. The van der Waals surface area contributed by atoms with Gasteiger partial charge in [-0.3, -0.25) is 4.99 Å². The zero-order valence-corrected chi connectivity index (χ0v) is 11.7. The summed E-state index contributed by atoms with van der Waals surface area (Å²) in [6, 6.07) is 9.69. The number of benzene rings is 1. The second kappa shape index (κ2) is 7.51. The molecule has 1 fully saturated rings. The molecule has 2 rings (SSSR count). The van der Waals surface area contributed by atoms with E-state index in [-0.39, 0.29) is 6.10 Å². The first-order chi connectivity index (χ1) is 9.81. The Kier molecular flexibility index (Phi) is 5.39. The lowest BCUT2D eigenvalue weighted by molar-refractivity contribution is 0.114. The average molecular weight is 272 g/mol. The fourth-order valence-corrected chi connectivity index (χ4v) is 2.17. The molecule has 1 aromatic carbocycles. The number of nitrogens with zero attached hydrogens (tertiary/aromatic N) is 2. The number of nitrogens with one attached hydrogen (secondary N) is 2. The van der Waals surface area contributed by atoms with E-state index >= 15 is 0 Å². The van der Waals surface area contributed by atoms with Crippen LogP contribution >= 0.6 is 0 Å². The molecule has 0 spiro atoms. The first-order valence-electron chi connectivity index (χ1n) is 6.87. The van der Waals surface area contributed by atoms with Crippen LogP contribution < -0.4 is 10.6 Å². The van der Waals surface area contributed by atoms with E-state index in [1.807, 2.05) is 18.2 Å². The largest absolute Gasteiger partial charge is 0.376 e. The Morgan fingerprint density at radius 1 is 1.50 bits per heavy atom. The van der Waals surface area contributed by atoms with Gasteiger partial charge in [-0.15, -0.1) is 0 Å². The lowest BCUT2D eigenvalue weighted by atomic mass is 10.1. The molecule has 1 atom stereocenters. The van der Waals surface area contributed by atoms with E-state index in [9.17, 15) is 0 Å². The standard InChI is InChI=1S/C15H20N4O/c1-17-15(19-11-14-6-3-7-20-14)18-10-13-5-2-4-12(8-13)9-16/h2,4-5,8,14H,3,6-7,10-11H2,1H3,(H2,17,18,19). The van der Waals surface area contributed by atoms with Gasteiger partial charge in [-0.25, -0.2) is 0 Å². The third kappa shape index (κ3) is 4.25. The molecule has 5 heteroatoms. The van der Waals surface area contributed by atoms with Crippen molar-refractivity contribution in [3.8, 4) is 6.07 Å². The first-order valence-corrected chi connectivity index (χ1v) is 6.87. The molecule has 0 radical (unpaired) electrons. The normalized spacial score (nSPS) is 18.6. The molecule has 1 heterocycles. The average Bonchev–Trinajstić information content (AvgIpc) is 3.01. The fourth-order valence-electron chi connectivity index (χ4n) is 2.17. The summed E-state index contributed by atoms with van der Waals surface area (Å²) in [4.78, 5) is 4.18. The maximum absolute atomic E-state index is 8.87. The number of guanidine groups is 1. The molecular weight excluding hydrogens is 252 g/mol. The Morgan fingerprint density at radius 2 is 2.40 bits per heavy atom. The van der Waals surface area contributed by atoms with E-state index in [0.29, 0.717) is 12.1 Å². The van der Waals surface area contributed by atoms with Crippen molar-refractivity contribution in [2.24, 2.45) is 4.99 Å². The molecule has 1 unspecified atom stereocenters. The zero-order chi connectivity index (χ0) is 14.2. The van der Waals surface area contributed by atoms with Crippen LogP contribution in [0.3, 0.4) is 0 Å². The number of nitriles is 1. The molecule has 1 aliphatic heterocycles. The summed E-state index contributed by atoms with van der Waals surface area (Å²) in [6.45, 7) is 2.28. The van der Waals surface area contributed by atoms with E-state index in [1.54, 1.807) is 13.1 Å². The maximum atomic E-state index is 8.87. The molecular formula is C15H20N4O. The highest BCUT2D eigenvalue weighted by atomic mass is 16.5. The molecule has 2 N–H and O–H groups in total. The fraction of sp³-hybridized carbons (Fsp3) is 0.467. The van der Waals surface area contributed by atoms with Gasteiger partial charge < -0.3 is 15.4 Å². The van der Waals surface area contributed by atoms with Gasteiger partial charge >= 0.3 is 0 Å². The van der Waals surface area contributed by atoms with Crippen LogP contribution in [0.2, 0.25) is 0 Å². The molecule has 106 valence electrons. The zero-order valence-electron chi connectivity index (χ0n) is 11.7. The van der Waals surface area contributed by atoms with Gasteiger partial charge in [-0.2, -0.15) is 5.26 Å². The molecule has 1 saturated heterocycles. The summed E-state index contributed by atoms with van der Waals surface area (Å²) >= 11 is 0. The minimum atomic E-state index is 0.287. The van der Waals surface area contributed by atoms with E-state index in [1.165, 1.54) is 0 Å². The number of hydrogen-bond acceptors (Lipinski definition) is 3. The van der Waals surface area contributed by atoms with Crippen LogP contribution in [-0.2, 0) is 11.3 Å². The minimum absolute atomic E-state index is 0.287. The van der Waals surface area contributed by atoms with E-state index in [0.717, 1.165) is 37.5 Å². The summed E-state index contributed by atoms with van der Waals surface area (Å²) in [5, 5.41) is 15.4. The molecule has 0 aliphatic carbocycles. The summed E-state index contributed by atoms with van der Waals surface area (Å²) < 4.78 is 5.56. The Labute approximate surface area is 119 Å². The van der Waals surface area contributed by atoms with Crippen LogP contribution in [0.5, 0.6) is 0 Å². The highest BCUT2D eigenvalue weighted by Crippen LogP contribution is 2.10. The third-order valence-electron chi connectivity index (χ3n) is 3.26. The van der Waals surface area contributed by atoms with Gasteiger partial charge in [0.05, 0.1) is 17.7 Å². The lowest BCUT2D eigenvalue weighted by Gasteiger charge is -2.15. The van der Waals surface area contributed by atoms with Crippen LogP contribution in [0.1, 0.15) is 24.0 Å². The molecule has 20 heavy (non-hydrogen) atoms. The van der Waals surface area contributed by atoms with Crippen LogP contribution in [0.4, 0.5) is 0 Å². The van der Waals surface area contributed by atoms with Crippen molar-refractivity contribution < 1.29 is 4.74 Å². The smallest absolute Gasteiger partial charge is 0.191 e. The van der Waals surface area contributed by atoms with Crippen molar-refractivity contribution in [2.75, 3.05) is 20.2 Å². The second-order valence-electron chi connectivity index (χ2n) is 4.75. The molecule has 0 bridgehead atoms. The predicted molar refractivity (Wildman–Crippen MR) is 78.3 cm³/mol. The van der Waals surface area contributed by atoms with Gasteiger partial charge in [0.1, 0.15) is 0 Å². The summed E-state index contributed by atoms with van der Waals surface area (Å²) in [6.07, 6.45) is 2.53. The highest BCUT2D eigenvalue weighted by molar-refractivity contribution is 5.79. The predicted octanol–water partition coefficient (Wildman–Crippen LogP) is 1.40. The summed E-state index contributed by atoms with van der Waals surface area (Å²) in [5.74, 6) is 0.753. The molecule has 5 nitrogen and oxygen atoms in total. The van der Waals surface area contributed by atoms with Gasteiger partial charge in [0.15, 0.2) is 5.96 Å². The highest BCUT2D eigenvalue weighted by Gasteiger charge is 2.15. The lowest BCUT2D eigenvalue weighted by Crippen LogP contribution is -2.40. The van der Waals surface area contributed by atoms with Crippen molar-refractivity contribution in [2.45, 2.75) is 25.5 Å². The Hall–Kier alpha value is -2.06. The topological polar surface area (TPSA) is 69.4 Å². The van der Waals surface area contributed by atoms with Gasteiger partial charge in [-0.05, 0) is 30.5 Å². The number of ether oxygens (including phenoxy) is 1. The maximum Gasteiger partial charge on any atom is 0.191 e.